The molecule has 0 aromatic carbocycles. The van der Waals surface area contributed by atoms with Gasteiger partial charge in [0.1, 0.15) is 7.74 Å². The van der Waals surface area contributed by atoms with E-state index in [4.69, 9.17) is 4.65 Å². The van der Waals surface area contributed by atoms with E-state index in [-0.39, 0.29) is 0 Å². The Bertz CT molecular complexity index is 107. The monoisotopic (exact) mass is 142 g/mol. The highest BCUT2D eigenvalue weighted by atomic mass is 16.5. The molecule has 0 saturated heterocycles. The summed E-state index contributed by atoms with van der Waals surface area (Å²) in [5, 5.41) is 9.55. The highest BCUT2D eigenvalue weighted by Gasteiger charge is 2.34. The van der Waals surface area contributed by atoms with Crippen LogP contribution in [0.2, 0.25) is 0 Å². The number of hydrogen-bond acceptors (Lipinski definition) is 2. The van der Waals surface area contributed by atoms with Crippen LogP contribution >= 0.6 is 0 Å². The van der Waals surface area contributed by atoms with Gasteiger partial charge in [0.05, 0.1) is 11.2 Å². The molecule has 0 rings (SSSR count). The summed E-state index contributed by atoms with van der Waals surface area (Å²) in [6.45, 7) is 7.28. The average Bonchev–Trinajstić information content (AvgIpc) is 1.61. The first-order chi connectivity index (χ1) is 4.31. The molecule has 0 aromatic rings. The highest BCUT2D eigenvalue weighted by molar-refractivity contribution is 6.85. The lowest BCUT2D eigenvalue weighted by Crippen LogP contribution is -2.48. The van der Waals surface area contributed by atoms with Crippen LogP contribution in [-0.2, 0) is 4.65 Å². The molecule has 0 spiro atoms. The molecular formula is C6H16B2O2. The molecule has 0 aromatic heterocycles. The van der Waals surface area contributed by atoms with Gasteiger partial charge in [0.2, 0.25) is 7.37 Å². The Balaban J connectivity index is 4.10. The van der Waals surface area contributed by atoms with Crippen LogP contribution in [0.4, 0.5) is 0 Å². The number of hydrogen-bond donors (Lipinski definition) is 1. The summed E-state index contributed by atoms with van der Waals surface area (Å²) >= 11 is 0. The Morgan fingerprint density at radius 3 is 1.80 bits per heavy atom. The van der Waals surface area contributed by atoms with Gasteiger partial charge in [0.15, 0.2) is 0 Å². The van der Waals surface area contributed by atoms with Crippen molar-refractivity contribution in [2.75, 3.05) is 0 Å². The molecule has 0 aliphatic heterocycles. The largest absolute Gasteiger partial charge is 0.442 e. The van der Waals surface area contributed by atoms with E-state index in [9.17, 15) is 5.11 Å². The molecular weight excluding hydrogens is 126 g/mol. The first-order valence-electron chi connectivity index (χ1n) is 3.67. The van der Waals surface area contributed by atoms with Crippen molar-refractivity contribution in [3.63, 3.8) is 0 Å². The first-order valence-corrected chi connectivity index (χ1v) is 3.67. The third-order valence-electron chi connectivity index (χ3n) is 1.98. The maximum atomic E-state index is 9.55. The Morgan fingerprint density at radius 2 is 1.70 bits per heavy atom. The van der Waals surface area contributed by atoms with E-state index in [0.29, 0.717) is 7.37 Å². The third kappa shape index (κ3) is 2.35. The van der Waals surface area contributed by atoms with Gasteiger partial charge in [0, 0.05) is 0 Å². The summed E-state index contributed by atoms with van der Waals surface area (Å²) in [6, 6.07) is 0. The molecule has 0 atom stereocenters. The first kappa shape index (κ1) is 10.0. The minimum Gasteiger partial charge on any atom is -0.442 e. The van der Waals surface area contributed by atoms with Gasteiger partial charge in [-0.2, -0.15) is 0 Å². The van der Waals surface area contributed by atoms with Crippen molar-refractivity contribution >= 4 is 15.1 Å². The van der Waals surface area contributed by atoms with E-state index >= 15 is 0 Å². The van der Waals surface area contributed by atoms with Crippen LogP contribution in [-0.4, -0.2) is 31.4 Å². The second-order valence-electron chi connectivity index (χ2n) is 3.50. The molecule has 0 aliphatic carbocycles. The standard InChI is InChI=1S/C6H16B2O2/c1-5(2,9)6(3,4)10-8-7/h8-9H,7H2,1-4H3. The van der Waals surface area contributed by atoms with Gasteiger partial charge in [-0.05, 0) is 27.7 Å². The molecule has 4 heteroatoms. The SMILES string of the molecule is BBOC(C)(C)C(C)(C)O. The molecule has 0 heterocycles. The van der Waals surface area contributed by atoms with E-state index in [1.54, 1.807) is 13.8 Å². The molecule has 0 fully saturated rings. The zero-order valence-corrected chi connectivity index (χ0v) is 7.56. The smallest absolute Gasteiger partial charge is 0.231 e. The Kier molecular flexibility index (Phi) is 2.99. The second-order valence-corrected chi connectivity index (χ2v) is 3.50. The highest BCUT2D eigenvalue weighted by Crippen LogP contribution is 2.23. The summed E-state index contributed by atoms with van der Waals surface area (Å²) in [6.07, 6.45) is 0. The van der Waals surface area contributed by atoms with E-state index in [2.05, 4.69) is 0 Å². The van der Waals surface area contributed by atoms with E-state index in [1.807, 2.05) is 21.6 Å². The molecule has 0 amide bonds. The number of rotatable bonds is 3. The lowest BCUT2D eigenvalue weighted by atomic mass is 9.70. The number of aliphatic hydroxyl groups is 1. The fourth-order valence-corrected chi connectivity index (χ4v) is 0.537. The van der Waals surface area contributed by atoms with Crippen LogP contribution < -0.4 is 0 Å². The van der Waals surface area contributed by atoms with Crippen LogP contribution in [0.5, 0.6) is 0 Å². The van der Waals surface area contributed by atoms with Crippen LogP contribution in [0, 0.1) is 0 Å². The summed E-state index contributed by atoms with van der Waals surface area (Å²) in [7, 11) is 2.56. The molecule has 10 heavy (non-hydrogen) atoms. The molecule has 58 valence electrons. The summed E-state index contributed by atoms with van der Waals surface area (Å²) in [4.78, 5) is 0. The Labute approximate surface area is 64.6 Å². The van der Waals surface area contributed by atoms with Crippen LogP contribution in [0.3, 0.4) is 0 Å². The van der Waals surface area contributed by atoms with Gasteiger partial charge in [0.25, 0.3) is 0 Å². The van der Waals surface area contributed by atoms with Crippen LogP contribution in [0.25, 0.3) is 0 Å². The molecule has 2 nitrogen and oxygen atoms in total. The van der Waals surface area contributed by atoms with Crippen molar-refractivity contribution in [1.29, 1.82) is 0 Å². The second kappa shape index (κ2) is 2.97. The predicted octanol–water partition coefficient (Wildman–Crippen LogP) is -0.548. The van der Waals surface area contributed by atoms with Crippen molar-refractivity contribution in [1.82, 2.24) is 0 Å². The van der Waals surface area contributed by atoms with Gasteiger partial charge >= 0.3 is 0 Å². The Morgan fingerprint density at radius 1 is 1.30 bits per heavy atom. The lowest BCUT2D eigenvalue weighted by molar-refractivity contribution is -0.0887. The fraction of sp³-hybridized carbons (Fsp3) is 1.00. The van der Waals surface area contributed by atoms with Crippen molar-refractivity contribution in [3.05, 3.63) is 0 Å². The Hall–Kier alpha value is 0.0499. The van der Waals surface area contributed by atoms with Crippen LogP contribution in [0.1, 0.15) is 27.7 Å². The van der Waals surface area contributed by atoms with Gasteiger partial charge in [-0.3, -0.25) is 0 Å². The van der Waals surface area contributed by atoms with Gasteiger partial charge in [-0.1, -0.05) is 0 Å². The van der Waals surface area contributed by atoms with E-state index in [0.717, 1.165) is 0 Å². The van der Waals surface area contributed by atoms with Crippen molar-refractivity contribution in [3.8, 4) is 0 Å². The summed E-state index contributed by atoms with van der Waals surface area (Å²) in [5.41, 5.74) is -1.23. The minimum atomic E-state index is -0.775. The zero-order valence-electron chi connectivity index (χ0n) is 7.56. The third-order valence-corrected chi connectivity index (χ3v) is 1.98. The maximum absolute atomic E-state index is 9.55. The molecule has 1 N–H and O–H groups in total. The van der Waals surface area contributed by atoms with E-state index < -0.39 is 11.2 Å². The average molecular weight is 142 g/mol. The van der Waals surface area contributed by atoms with E-state index in [1.165, 1.54) is 0 Å². The predicted molar refractivity (Wildman–Crippen MR) is 47.2 cm³/mol. The van der Waals surface area contributed by atoms with Crippen molar-refractivity contribution < 1.29 is 9.76 Å². The zero-order chi connectivity index (χ0) is 8.41. The van der Waals surface area contributed by atoms with Gasteiger partial charge in [-0.15, -0.1) is 0 Å². The topological polar surface area (TPSA) is 29.5 Å². The molecule has 0 bridgehead atoms. The minimum absolute atomic E-state index is 0.457. The molecule has 0 aliphatic rings. The van der Waals surface area contributed by atoms with Crippen molar-refractivity contribution in [2.45, 2.75) is 38.9 Å². The lowest BCUT2D eigenvalue weighted by Gasteiger charge is -2.37. The quantitative estimate of drug-likeness (QED) is 0.535. The summed E-state index contributed by atoms with van der Waals surface area (Å²) in [5.74, 6) is 0. The molecule has 0 radical (unpaired) electrons. The van der Waals surface area contributed by atoms with Crippen LogP contribution in [0.15, 0.2) is 0 Å². The maximum Gasteiger partial charge on any atom is 0.231 e. The fourth-order valence-electron chi connectivity index (χ4n) is 0.537. The molecule has 0 saturated carbocycles. The van der Waals surface area contributed by atoms with Gasteiger partial charge < -0.3 is 9.76 Å². The normalized spacial score (nSPS) is 13.3. The molecule has 0 unspecified atom stereocenters. The van der Waals surface area contributed by atoms with Gasteiger partial charge in [-0.25, -0.2) is 0 Å². The summed E-state index contributed by atoms with van der Waals surface area (Å²) < 4.78 is 5.34. The van der Waals surface area contributed by atoms with Crippen molar-refractivity contribution in [2.24, 2.45) is 0 Å².